The summed E-state index contributed by atoms with van der Waals surface area (Å²) in [6, 6.07) is 9.27. The molecule has 1 aliphatic heterocycles. The van der Waals surface area contributed by atoms with Gasteiger partial charge in [-0.25, -0.2) is 0 Å². The summed E-state index contributed by atoms with van der Waals surface area (Å²) in [6.45, 7) is 0.177. The Bertz CT molecular complexity index is 997. The largest absolute Gasteiger partial charge is 0.508 e. The second-order valence-electron chi connectivity index (χ2n) is 6.45. The molecule has 2 aromatic carbocycles. The maximum Gasteiger partial charge on any atom is 0.200 e. The zero-order valence-corrected chi connectivity index (χ0v) is 13.9. The van der Waals surface area contributed by atoms with Gasteiger partial charge in [0.1, 0.15) is 23.3 Å². The number of hydrogen-bond donors (Lipinski definition) is 3. The van der Waals surface area contributed by atoms with Crippen molar-refractivity contribution in [2.75, 3.05) is 6.61 Å². The zero-order valence-electron chi connectivity index (χ0n) is 13.9. The molecule has 0 saturated carbocycles. The Kier molecular flexibility index (Phi) is 4.14. The van der Waals surface area contributed by atoms with Gasteiger partial charge in [0.05, 0.1) is 35.3 Å². The highest BCUT2D eigenvalue weighted by atomic mass is 16.5. The van der Waals surface area contributed by atoms with Crippen molar-refractivity contribution in [3.63, 3.8) is 0 Å². The van der Waals surface area contributed by atoms with E-state index in [1.54, 1.807) is 12.1 Å². The summed E-state index contributed by atoms with van der Waals surface area (Å²) < 4.78 is 11.4. The second-order valence-corrected chi connectivity index (χ2v) is 6.45. The Morgan fingerprint density at radius 1 is 1.00 bits per heavy atom. The average Bonchev–Trinajstić information content (AvgIpc) is 2.64. The summed E-state index contributed by atoms with van der Waals surface area (Å²) in [7, 11) is 0. The van der Waals surface area contributed by atoms with Gasteiger partial charge in [0.15, 0.2) is 0 Å². The van der Waals surface area contributed by atoms with Crippen LogP contribution in [0.2, 0.25) is 0 Å². The van der Waals surface area contributed by atoms with Crippen LogP contribution in [0.3, 0.4) is 0 Å². The predicted octanol–water partition coefficient (Wildman–Crippen LogP) is 3.08. The van der Waals surface area contributed by atoms with Crippen molar-refractivity contribution in [1.82, 2.24) is 0 Å². The molecule has 0 radical (unpaired) electrons. The molecule has 1 aromatic heterocycles. The van der Waals surface area contributed by atoms with Crippen molar-refractivity contribution in [1.29, 1.82) is 0 Å². The summed E-state index contributed by atoms with van der Waals surface area (Å²) in [5.41, 5.74) is 1.50. The molecule has 1 aliphatic rings. The first-order valence-electron chi connectivity index (χ1n) is 8.41. The normalized spacial score (nSPS) is 20.3. The van der Waals surface area contributed by atoms with Gasteiger partial charge >= 0.3 is 0 Å². The van der Waals surface area contributed by atoms with Crippen LogP contribution in [-0.4, -0.2) is 28.0 Å². The molecule has 0 bridgehead atoms. The highest BCUT2D eigenvalue weighted by Crippen LogP contribution is 2.38. The van der Waals surface area contributed by atoms with E-state index in [0.29, 0.717) is 40.5 Å². The summed E-state index contributed by atoms with van der Waals surface area (Å²) in [4.78, 5) is 12.9. The molecule has 0 aliphatic carbocycles. The van der Waals surface area contributed by atoms with Crippen LogP contribution >= 0.6 is 0 Å². The lowest BCUT2D eigenvalue weighted by Crippen LogP contribution is -2.24. The monoisotopic (exact) mass is 354 g/mol. The first kappa shape index (κ1) is 16.6. The van der Waals surface area contributed by atoms with Gasteiger partial charge in [0.2, 0.25) is 5.43 Å². The van der Waals surface area contributed by atoms with Crippen molar-refractivity contribution in [2.24, 2.45) is 0 Å². The van der Waals surface area contributed by atoms with Crippen LogP contribution < -0.4 is 5.43 Å². The molecule has 3 aromatic rings. The van der Waals surface area contributed by atoms with E-state index in [-0.39, 0.29) is 23.5 Å². The Balaban J connectivity index is 1.85. The molecule has 26 heavy (non-hydrogen) atoms. The van der Waals surface area contributed by atoms with Crippen LogP contribution in [0.4, 0.5) is 0 Å². The molecule has 1 fully saturated rings. The minimum Gasteiger partial charge on any atom is -0.508 e. The molecule has 2 unspecified atom stereocenters. The molecule has 6 heteroatoms. The summed E-state index contributed by atoms with van der Waals surface area (Å²) in [6.07, 6.45) is 1.48. The summed E-state index contributed by atoms with van der Waals surface area (Å²) >= 11 is 0. The van der Waals surface area contributed by atoms with Gasteiger partial charge in [-0.05, 0) is 42.7 Å². The van der Waals surface area contributed by atoms with Crippen molar-refractivity contribution < 1.29 is 24.5 Å². The zero-order chi connectivity index (χ0) is 18.3. The lowest BCUT2D eigenvalue weighted by Gasteiger charge is -2.27. The Morgan fingerprint density at radius 2 is 1.77 bits per heavy atom. The second kappa shape index (κ2) is 6.48. The van der Waals surface area contributed by atoms with Gasteiger partial charge in [-0.15, -0.1) is 0 Å². The number of aromatic hydroxyl groups is 2. The third kappa shape index (κ3) is 2.83. The van der Waals surface area contributed by atoms with Crippen LogP contribution in [-0.2, 0) is 4.74 Å². The average molecular weight is 354 g/mol. The van der Waals surface area contributed by atoms with Gasteiger partial charge in [-0.1, -0.05) is 12.1 Å². The van der Waals surface area contributed by atoms with Crippen LogP contribution in [0.25, 0.3) is 22.1 Å². The van der Waals surface area contributed by atoms with Crippen molar-refractivity contribution >= 4 is 11.0 Å². The number of phenols is 2. The molecule has 0 amide bonds. The van der Waals surface area contributed by atoms with Gasteiger partial charge in [-0.2, -0.15) is 0 Å². The molecular formula is C20H18O6. The summed E-state index contributed by atoms with van der Waals surface area (Å²) in [5.74, 6) is 0.113. The Labute approximate surface area is 148 Å². The fraction of sp³-hybridized carbons (Fsp3) is 0.250. The molecule has 2 heterocycles. The number of benzene rings is 2. The lowest BCUT2D eigenvalue weighted by molar-refractivity contribution is -0.0572. The number of hydrogen-bond acceptors (Lipinski definition) is 6. The third-order valence-electron chi connectivity index (χ3n) is 4.71. The smallest absolute Gasteiger partial charge is 0.200 e. The van der Waals surface area contributed by atoms with E-state index in [1.165, 1.54) is 30.5 Å². The van der Waals surface area contributed by atoms with Crippen molar-refractivity contribution in [3.8, 4) is 22.6 Å². The number of ether oxygens (including phenoxy) is 1. The number of aliphatic hydroxyl groups is 1. The maximum absolute atomic E-state index is 12.9. The van der Waals surface area contributed by atoms with E-state index in [1.807, 2.05) is 0 Å². The molecule has 3 N–H and O–H groups in total. The van der Waals surface area contributed by atoms with E-state index in [4.69, 9.17) is 9.15 Å². The quantitative estimate of drug-likeness (QED) is 0.654. The van der Waals surface area contributed by atoms with Gasteiger partial charge in [0, 0.05) is 0 Å². The number of aliphatic hydroxyl groups excluding tert-OH is 1. The Hall–Kier alpha value is -2.83. The molecule has 2 atom stereocenters. The topological polar surface area (TPSA) is 100 Å². The van der Waals surface area contributed by atoms with Crippen LogP contribution in [0.1, 0.15) is 24.5 Å². The van der Waals surface area contributed by atoms with E-state index in [2.05, 4.69) is 0 Å². The molecule has 6 nitrogen and oxygen atoms in total. The lowest BCUT2D eigenvalue weighted by atomic mass is 9.96. The maximum atomic E-state index is 12.9. The third-order valence-corrected chi connectivity index (χ3v) is 4.71. The van der Waals surface area contributed by atoms with E-state index < -0.39 is 12.2 Å². The molecule has 0 spiro atoms. The van der Waals surface area contributed by atoms with Crippen molar-refractivity contribution in [3.05, 3.63) is 58.4 Å². The van der Waals surface area contributed by atoms with Crippen molar-refractivity contribution in [2.45, 2.75) is 25.0 Å². The first-order chi connectivity index (χ1) is 12.5. The van der Waals surface area contributed by atoms with E-state index >= 15 is 0 Å². The molecule has 4 rings (SSSR count). The fourth-order valence-corrected chi connectivity index (χ4v) is 3.33. The number of fused-ring (bicyclic) bond motifs is 1. The van der Waals surface area contributed by atoms with Crippen LogP contribution in [0.5, 0.6) is 11.5 Å². The Morgan fingerprint density at radius 3 is 2.46 bits per heavy atom. The standard InChI is InChI=1S/C20H18O6/c21-12-3-1-11(2-4-12)15-10-26-20-14(19(15)24)6-7-16(23)18(20)17-8-5-13(22)9-25-17/h1-4,6-7,10,13,17,21-23H,5,8-9H2. The highest BCUT2D eigenvalue weighted by molar-refractivity contribution is 5.86. The molecule has 134 valence electrons. The fourth-order valence-electron chi connectivity index (χ4n) is 3.33. The highest BCUT2D eigenvalue weighted by Gasteiger charge is 2.27. The summed E-state index contributed by atoms with van der Waals surface area (Å²) in [5, 5.41) is 29.7. The predicted molar refractivity (Wildman–Crippen MR) is 95.2 cm³/mol. The first-order valence-corrected chi connectivity index (χ1v) is 8.41. The van der Waals surface area contributed by atoms with Crippen LogP contribution in [0.15, 0.2) is 51.9 Å². The van der Waals surface area contributed by atoms with Gasteiger partial charge in [0.25, 0.3) is 0 Å². The van der Waals surface area contributed by atoms with E-state index in [9.17, 15) is 20.1 Å². The van der Waals surface area contributed by atoms with E-state index in [0.717, 1.165) is 0 Å². The number of phenolic OH excluding ortho intramolecular Hbond substituents is 2. The van der Waals surface area contributed by atoms with Crippen LogP contribution in [0, 0.1) is 0 Å². The van der Waals surface area contributed by atoms with Gasteiger partial charge in [-0.3, -0.25) is 4.79 Å². The molecule has 1 saturated heterocycles. The minimum absolute atomic E-state index is 0.000534. The SMILES string of the molecule is O=c1c(-c2ccc(O)cc2)coc2c(C3CCC(O)CO3)c(O)ccc12. The van der Waals surface area contributed by atoms with Gasteiger partial charge < -0.3 is 24.5 Å². The number of rotatable bonds is 2. The minimum atomic E-state index is -0.517. The molecular weight excluding hydrogens is 336 g/mol.